The van der Waals surface area contributed by atoms with E-state index < -0.39 is 0 Å². The Morgan fingerprint density at radius 1 is 1.19 bits per heavy atom. The van der Waals surface area contributed by atoms with Gasteiger partial charge in [0.15, 0.2) is 5.82 Å². The molecule has 0 aliphatic carbocycles. The summed E-state index contributed by atoms with van der Waals surface area (Å²) >= 11 is 0. The summed E-state index contributed by atoms with van der Waals surface area (Å²) in [4.78, 5) is 35.8. The van der Waals surface area contributed by atoms with E-state index in [0.29, 0.717) is 29.5 Å². The molecule has 2 aromatic heterocycles. The van der Waals surface area contributed by atoms with Crippen LogP contribution in [0.25, 0.3) is 0 Å². The first-order chi connectivity index (χ1) is 14.9. The van der Waals surface area contributed by atoms with E-state index in [9.17, 15) is 9.59 Å². The molecule has 1 aliphatic rings. The molecule has 0 bridgehead atoms. The molecule has 3 aromatic rings. The van der Waals surface area contributed by atoms with Gasteiger partial charge in [0.05, 0.1) is 30.0 Å². The molecule has 2 N–H and O–H groups in total. The van der Waals surface area contributed by atoms with Gasteiger partial charge in [0.1, 0.15) is 0 Å². The van der Waals surface area contributed by atoms with Crippen molar-refractivity contribution in [3.63, 3.8) is 0 Å². The average Bonchev–Trinajstić information content (AvgIpc) is 2.77. The van der Waals surface area contributed by atoms with Crippen molar-refractivity contribution < 1.29 is 9.59 Å². The topological polar surface area (TPSA) is 87.2 Å². The molecule has 158 valence electrons. The Morgan fingerprint density at radius 3 is 2.77 bits per heavy atom. The summed E-state index contributed by atoms with van der Waals surface area (Å²) in [6.45, 7) is 6.79. The second-order valence-electron chi connectivity index (χ2n) is 7.93. The fourth-order valence-corrected chi connectivity index (χ4v) is 3.68. The highest BCUT2D eigenvalue weighted by Gasteiger charge is 2.26. The summed E-state index contributed by atoms with van der Waals surface area (Å²) in [5, 5.41) is 5.96. The number of benzene rings is 1. The lowest BCUT2D eigenvalue weighted by atomic mass is 9.97. The van der Waals surface area contributed by atoms with E-state index in [-0.39, 0.29) is 18.4 Å². The monoisotopic (exact) mass is 415 g/mol. The second kappa shape index (κ2) is 8.55. The van der Waals surface area contributed by atoms with Crippen molar-refractivity contribution in [1.82, 2.24) is 9.97 Å². The third-order valence-corrected chi connectivity index (χ3v) is 5.33. The number of nitrogens with one attached hydrogen (secondary N) is 2. The number of carbonyl (C=O) groups excluding carboxylic acids is 2. The van der Waals surface area contributed by atoms with Gasteiger partial charge in [-0.2, -0.15) is 0 Å². The first kappa shape index (κ1) is 20.5. The Labute approximate surface area is 181 Å². The summed E-state index contributed by atoms with van der Waals surface area (Å²) < 4.78 is 0. The van der Waals surface area contributed by atoms with Gasteiger partial charge >= 0.3 is 0 Å². The molecule has 0 radical (unpaired) electrons. The smallest absolute Gasteiger partial charge is 0.257 e. The SMILES string of the molecule is Cc1ccc(NC(=O)c2cnc3c(c2)N(Cc2ccccn2)C(=O)CN3)cc1C(C)C. The molecule has 4 rings (SSSR count). The number of carbonyl (C=O) groups is 2. The van der Waals surface area contributed by atoms with E-state index in [4.69, 9.17) is 0 Å². The van der Waals surface area contributed by atoms with Crippen molar-refractivity contribution >= 4 is 29.0 Å². The van der Waals surface area contributed by atoms with Gasteiger partial charge in [-0.3, -0.25) is 14.6 Å². The fraction of sp³-hybridized carbons (Fsp3) is 0.250. The van der Waals surface area contributed by atoms with Crippen molar-refractivity contribution in [2.24, 2.45) is 0 Å². The molecule has 7 heteroatoms. The number of fused-ring (bicyclic) bond motifs is 1. The number of hydrogen-bond donors (Lipinski definition) is 2. The molecule has 31 heavy (non-hydrogen) atoms. The Bertz CT molecular complexity index is 1130. The van der Waals surface area contributed by atoms with Crippen LogP contribution in [0.15, 0.2) is 54.9 Å². The van der Waals surface area contributed by atoms with Crippen LogP contribution in [0.1, 0.15) is 46.9 Å². The molecule has 1 aromatic carbocycles. The summed E-state index contributed by atoms with van der Waals surface area (Å²) in [5.41, 5.74) is 4.83. The van der Waals surface area contributed by atoms with Crippen LogP contribution in [0, 0.1) is 6.92 Å². The number of aromatic nitrogens is 2. The maximum Gasteiger partial charge on any atom is 0.257 e. The summed E-state index contributed by atoms with van der Waals surface area (Å²) in [6.07, 6.45) is 3.21. The number of amides is 2. The molecular weight excluding hydrogens is 390 g/mol. The van der Waals surface area contributed by atoms with Crippen LogP contribution >= 0.6 is 0 Å². The molecule has 7 nitrogen and oxygen atoms in total. The molecule has 1 aliphatic heterocycles. The Balaban J connectivity index is 1.60. The van der Waals surface area contributed by atoms with E-state index in [1.54, 1.807) is 17.2 Å². The van der Waals surface area contributed by atoms with Crippen LogP contribution in [-0.4, -0.2) is 28.3 Å². The van der Waals surface area contributed by atoms with Gasteiger partial charge in [-0.05, 0) is 54.3 Å². The quantitative estimate of drug-likeness (QED) is 0.655. The van der Waals surface area contributed by atoms with Gasteiger partial charge in [-0.1, -0.05) is 26.0 Å². The van der Waals surface area contributed by atoms with Gasteiger partial charge in [0.2, 0.25) is 5.91 Å². The minimum atomic E-state index is -0.273. The number of rotatable bonds is 5. The Kier molecular flexibility index (Phi) is 5.66. The van der Waals surface area contributed by atoms with Crippen molar-refractivity contribution in [1.29, 1.82) is 0 Å². The Hall–Kier alpha value is -3.74. The van der Waals surface area contributed by atoms with Gasteiger partial charge < -0.3 is 15.5 Å². The third-order valence-electron chi connectivity index (χ3n) is 5.33. The maximum absolute atomic E-state index is 12.9. The molecule has 0 spiro atoms. The van der Waals surface area contributed by atoms with Crippen LogP contribution in [0.4, 0.5) is 17.2 Å². The lowest BCUT2D eigenvalue weighted by molar-refractivity contribution is -0.117. The van der Waals surface area contributed by atoms with E-state index >= 15 is 0 Å². The summed E-state index contributed by atoms with van der Waals surface area (Å²) in [6, 6.07) is 13.2. The van der Waals surface area contributed by atoms with Crippen molar-refractivity contribution in [3.05, 3.63) is 77.2 Å². The van der Waals surface area contributed by atoms with Gasteiger partial charge in [0, 0.05) is 18.1 Å². The van der Waals surface area contributed by atoms with Crippen LogP contribution in [0.5, 0.6) is 0 Å². The molecule has 2 amide bonds. The average molecular weight is 415 g/mol. The van der Waals surface area contributed by atoms with Crippen molar-refractivity contribution in [3.8, 4) is 0 Å². The van der Waals surface area contributed by atoms with Crippen LogP contribution in [-0.2, 0) is 11.3 Å². The summed E-state index contributed by atoms with van der Waals surface area (Å²) in [5.74, 6) is 0.561. The third kappa shape index (κ3) is 4.40. The number of pyridine rings is 2. The highest BCUT2D eigenvalue weighted by atomic mass is 16.2. The fourth-order valence-electron chi connectivity index (χ4n) is 3.68. The summed E-state index contributed by atoms with van der Waals surface area (Å²) in [7, 11) is 0. The molecule has 0 saturated carbocycles. The first-order valence-electron chi connectivity index (χ1n) is 10.3. The van der Waals surface area contributed by atoms with E-state index in [0.717, 1.165) is 11.4 Å². The normalized spacial score (nSPS) is 13.0. The second-order valence-corrected chi connectivity index (χ2v) is 7.93. The molecule has 0 unspecified atom stereocenters. The minimum absolute atomic E-state index is 0.0994. The molecular formula is C24H25N5O2. The number of nitrogens with zero attached hydrogens (tertiary/aromatic N) is 3. The highest BCUT2D eigenvalue weighted by molar-refractivity contribution is 6.07. The molecule has 0 fully saturated rings. The van der Waals surface area contributed by atoms with Crippen LogP contribution in [0.2, 0.25) is 0 Å². The van der Waals surface area contributed by atoms with Crippen LogP contribution in [0.3, 0.4) is 0 Å². The van der Waals surface area contributed by atoms with Gasteiger partial charge in [0.25, 0.3) is 5.91 Å². The maximum atomic E-state index is 12.9. The molecule has 0 saturated heterocycles. The zero-order valence-electron chi connectivity index (χ0n) is 17.8. The van der Waals surface area contributed by atoms with E-state index in [2.05, 4.69) is 41.4 Å². The number of aryl methyl sites for hydroxylation is 1. The number of anilines is 3. The van der Waals surface area contributed by atoms with Gasteiger partial charge in [-0.15, -0.1) is 0 Å². The predicted octanol–water partition coefficient (Wildman–Crippen LogP) is 4.12. The standard InChI is InChI=1S/C24H25N5O2/c1-15(2)20-11-18(8-7-16(20)3)28-24(31)17-10-21-23(26-12-17)27-13-22(30)29(21)14-19-6-4-5-9-25-19/h4-12,15H,13-14H2,1-3H3,(H,26,27)(H,28,31). The largest absolute Gasteiger partial charge is 0.359 e. The molecule has 0 atom stereocenters. The first-order valence-corrected chi connectivity index (χ1v) is 10.3. The van der Waals surface area contributed by atoms with Gasteiger partial charge in [-0.25, -0.2) is 4.98 Å². The lowest BCUT2D eigenvalue weighted by Crippen LogP contribution is -2.40. The predicted molar refractivity (Wildman–Crippen MR) is 121 cm³/mol. The van der Waals surface area contributed by atoms with Crippen molar-refractivity contribution in [2.75, 3.05) is 22.1 Å². The van der Waals surface area contributed by atoms with Crippen LogP contribution < -0.4 is 15.5 Å². The highest BCUT2D eigenvalue weighted by Crippen LogP contribution is 2.30. The zero-order valence-corrected chi connectivity index (χ0v) is 17.8. The molecule has 3 heterocycles. The lowest BCUT2D eigenvalue weighted by Gasteiger charge is -2.29. The zero-order chi connectivity index (χ0) is 22.0. The number of hydrogen-bond acceptors (Lipinski definition) is 5. The minimum Gasteiger partial charge on any atom is -0.359 e. The van der Waals surface area contributed by atoms with E-state index in [1.165, 1.54) is 17.3 Å². The van der Waals surface area contributed by atoms with Crippen molar-refractivity contribution in [2.45, 2.75) is 33.2 Å². The van der Waals surface area contributed by atoms with E-state index in [1.807, 2.05) is 36.4 Å². The Morgan fingerprint density at radius 2 is 2.03 bits per heavy atom.